The van der Waals surface area contributed by atoms with Gasteiger partial charge in [0.2, 0.25) is 0 Å². The first-order chi connectivity index (χ1) is 10.0. The number of hydrogen-bond donors (Lipinski definition) is 2. The number of nitrogens with one attached hydrogen (secondary N) is 1. The minimum atomic E-state index is -0.667. The molecule has 0 aliphatic rings. The molecule has 7 heteroatoms. The quantitative estimate of drug-likeness (QED) is 0.635. The van der Waals surface area contributed by atoms with Gasteiger partial charge in [0.25, 0.3) is 5.69 Å². The zero-order valence-corrected chi connectivity index (χ0v) is 12.6. The van der Waals surface area contributed by atoms with Crippen LogP contribution in [-0.4, -0.2) is 4.92 Å². The molecule has 0 fully saturated rings. The average molecular weight is 354 g/mol. The second-order valence-electron chi connectivity index (χ2n) is 4.41. The minimum Gasteiger partial charge on any atom is -0.375 e. The van der Waals surface area contributed by atoms with Crippen LogP contribution >= 0.6 is 15.9 Å². The summed E-state index contributed by atoms with van der Waals surface area (Å²) in [5, 5.41) is 13.9. The predicted octanol–water partition coefficient (Wildman–Crippen LogP) is 3.57. The van der Waals surface area contributed by atoms with Gasteiger partial charge in [-0.15, -0.1) is 0 Å². The molecule has 0 amide bonds. The molecule has 3 N–H and O–H groups in total. The second kappa shape index (κ2) is 6.64. The van der Waals surface area contributed by atoms with Crippen molar-refractivity contribution in [1.29, 1.82) is 0 Å². The molecule has 0 aliphatic carbocycles. The van der Waals surface area contributed by atoms with E-state index in [1.165, 1.54) is 6.07 Å². The summed E-state index contributed by atoms with van der Waals surface area (Å²) in [7, 11) is 0. The van der Waals surface area contributed by atoms with Crippen molar-refractivity contribution in [2.24, 2.45) is 5.73 Å². The number of anilines is 1. The van der Waals surface area contributed by atoms with Crippen molar-refractivity contribution in [3.63, 3.8) is 0 Å². The minimum absolute atomic E-state index is 0.175. The molecule has 2 rings (SSSR count). The van der Waals surface area contributed by atoms with Crippen molar-refractivity contribution < 1.29 is 9.31 Å². The Morgan fingerprint density at radius 2 is 1.86 bits per heavy atom. The lowest BCUT2D eigenvalue weighted by molar-refractivity contribution is -0.384. The maximum atomic E-state index is 13.4. The smallest absolute Gasteiger partial charge is 0.295 e. The SMILES string of the molecule is NCc1ccc(CNc2cc(Br)c(F)cc2[N+](=O)[O-])cc1. The number of rotatable bonds is 5. The molecule has 0 spiro atoms. The summed E-state index contributed by atoms with van der Waals surface area (Å²) in [5.41, 5.74) is 7.44. The first kappa shape index (κ1) is 15.4. The van der Waals surface area contributed by atoms with Crippen molar-refractivity contribution in [2.75, 3.05) is 5.32 Å². The van der Waals surface area contributed by atoms with E-state index in [1.54, 1.807) is 0 Å². The third kappa shape index (κ3) is 3.77. The highest BCUT2D eigenvalue weighted by molar-refractivity contribution is 9.10. The lowest BCUT2D eigenvalue weighted by Crippen LogP contribution is -2.04. The number of benzene rings is 2. The third-order valence-corrected chi connectivity index (χ3v) is 3.58. The van der Waals surface area contributed by atoms with Crippen LogP contribution in [0.25, 0.3) is 0 Å². The number of hydrogen-bond acceptors (Lipinski definition) is 4. The van der Waals surface area contributed by atoms with Crippen molar-refractivity contribution in [3.8, 4) is 0 Å². The maximum absolute atomic E-state index is 13.4. The van der Waals surface area contributed by atoms with Gasteiger partial charge in [-0.25, -0.2) is 4.39 Å². The Morgan fingerprint density at radius 1 is 1.24 bits per heavy atom. The first-order valence-electron chi connectivity index (χ1n) is 6.16. The fraction of sp³-hybridized carbons (Fsp3) is 0.143. The molecule has 2 aromatic carbocycles. The lowest BCUT2D eigenvalue weighted by Gasteiger charge is -2.09. The normalized spacial score (nSPS) is 10.4. The Morgan fingerprint density at radius 3 is 2.43 bits per heavy atom. The highest BCUT2D eigenvalue weighted by Gasteiger charge is 2.17. The third-order valence-electron chi connectivity index (χ3n) is 2.98. The maximum Gasteiger partial charge on any atom is 0.295 e. The van der Waals surface area contributed by atoms with Gasteiger partial charge in [0, 0.05) is 13.1 Å². The molecule has 0 atom stereocenters. The van der Waals surface area contributed by atoms with E-state index in [4.69, 9.17) is 5.73 Å². The summed E-state index contributed by atoms with van der Waals surface area (Å²) in [4.78, 5) is 10.3. The topological polar surface area (TPSA) is 81.2 Å². The molecule has 5 nitrogen and oxygen atoms in total. The zero-order valence-electron chi connectivity index (χ0n) is 11.0. The molecule has 21 heavy (non-hydrogen) atoms. The molecule has 0 saturated carbocycles. The molecule has 0 heterocycles. The van der Waals surface area contributed by atoms with E-state index < -0.39 is 10.7 Å². The highest BCUT2D eigenvalue weighted by Crippen LogP contribution is 2.30. The Labute approximate surface area is 129 Å². The van der Waals surface area contributed by atoms with Gasteiger partial charge < -0.3 is 11.1 Å². The first-order valence-corrected chi connectivity index (χ1v) is 6.95. The number of nitro groups is 1. The van der Waals surface area contributed by atoms with Crippen molar-refractivity contribution in [1.82, 2.24) is 0 Å². The Kier molecular flexibility index (Phi) is 4.87. The van der Waals surface area contributed by atoms with Gasteiger partial charge in [0.15, 0.2) is 0 Å². The number of nitrogens with two attached hydrogens (primary N) is 1. The van der Waals surface area contributed by atoms with Gasteiger partial charge in [-0.05, 0) is 33.1 Å². The standard InChI is InChI=1S/C14H13BrFN3O2/c15-11-5-13(14(19(20)21)6-12(11)16)18-8-10-3-1-9(7-17)2-4-10/h1-6,18H,7-8,17H2. The summed E-state index contributed by atoms with van der Waals surface area (Å²) < 4.78 is 13.6. The summed E-state index contributed by atoms with van der Waals surface area (Å²) in [5.74, 6) is -0.667. The fourth-order valence-corrected chi connectivity index (χ4v) is 2.16. The Hall–Kier alpha value is -1.99. The van der Waals surface area contributed by atoms with Gasteiger partial charge in [-0.1, -0.05) is 24.3 Å². The Balaban J connectivity index is 2.18. The summed E-state index contributed by atoms with van der Waals surface area (Å²) in [6.07, 6.45) is 0. The molecule has 0 aliphatic heterocycles. The lowest BCUT2D eigenvalue weighted by atomic mass is 10.1. The predicted molar refractivity (Wildman–Crippen MR) is 82.4 cm³/mol. The van der Waals surface area contributed by atoms with Crippen molar-refractivity contribution in [3.05, 3.63) is 67.9 Å². The summed E-state index contributed by atoms with van der Waals surface area (Å²) in [6.45, 7) is 0.855. The fourth-order valence-electron chi connectivity index (χ4n) is 1.82. The van der Waals surface area contributed by atoms with Crippen LogP contribution in [0.15, 0.2) is 40.9 Å². The van der Waals surface area contributed by atoms with E-state index in [0.29, 0.717) is 13.1 Å². The summed E-state index contributed by atoms with van der Waals surface area (Å²) in [6, 6.07) is 9.82. The van der Waals surface area contributed by atoms with E-state index in [1.807, 2.05) is 24.3 Å². The van der Waals surface area contributed by atoms with Crippen molar-refractivity contribution in [2.45, 2.75) is 13.1 Å². The van der Waals surface area contributed by atoms with Crippen LogP contribution in [-0.2, 0) is 13.1 Å². The molecule has 2 aromatic rings. The second-order valence-corrected chi connectivity index (χ2v) is 5.27. The van der Waals surface area contributed by atoms with Crippen LogP contribution < -0.4 is 11.1 Å². The monoisotopic (exact) mass is 353 g/mol. The van der Waals surface area contributed by atoms with E-state index >= 15 is 0 Å². The zero-order chi connectivity index (χ0) is 15.4. The van der Waals surface area contributed by atoms with Gasteiger partial charge in [-0.3, -0.25) is 10.1 Å². The van der Waals surface area contributed by atoms with Crippen LogP contribution in [0.4, 0.5) is 15.8 Å². The highest BCUT2D eigenvalue weighted by atomic mass is 79.9. The van der Waals surface area contributed by atoms with Crippen LogP contribution in [0.2, 0.25) is 0 Å². The van der Waals surface area contributed by atoms with E-state index in [-0.39, 0.29) is 15.8 Å². The molecule has 0 saturated heterocycles. The van der Waals surface area contributed by atoms with Gasteiger partial charge in [-0.2, -0.15) is 0 Å². The average Bonchev–Trinajstić information content (AvgIpc) is 2.48. The van der Waals surface area contributed by atoms with Gasteiger partial charge in [0.05, 0.1) is 15.5 Å². The molecule has 110 valence electrons. The van der Waals surface area contributed by atoms with E-state index in [0.717, 1.165) is 17.2 Å². The molecule has 0 radical (unpaired) electrons. The van der Waals surface area contributed by atoms with Gasteiger partial charge >= 0.3 is 0 Å². The van der Waals surface area contributed by atoms with Crippen LogP contribution in [0.3, 0.4) is 0 Å². The van der Waals surface area contributed by atoms with Crippen molar-refractivity contribution >= 4 is 27.3 Å². The molecule has 0 aromatic heterocycles. The molecule has 0 bridgehead atoms. The van der Waals surface area contributed by atoms with Crippen LogP contribution in [0, 0.1) is 15.9 Å². The van der Waals surface area contributed by atoms with E-state index in [9.17, 15) is 14.5 Å². The Bertz CT molecular complexity index is 662. The van der Waals surface area contributed by atoms with Gasteiger partial charge in [0.1, 0.15) is 11.5 Å². The van der Waals surface area contributed by atoms with Crippen LogP contribution in [0.5, 0.6) is 0 Å². The van der Waals surface area contributed by atoms with Crippen LogP contribution in [0.1, 0.15) is 11.1 Å². The number of nitro benzene ring substituents is 1. The molecular weight excluding hydrogens is 341 g/mol. The van der Waals surface area contributed by atoms with E-state index in [2.05, 4.69) is 21.2 Å². The number of halogens is 2. The molecular formula is C14H13BrFN3O2. The molecule has 0 unspecified atom stereocenters. The largest absolute Gasteiger partial charge is 0.375 e. The summed E-state index contributed by atoms with van der Waals surface area (Å²) >= 11 is 3.02. The number of nitrogens with zero attached hydrogens (tertiary/aromatic N) is 1.